The van der Waals surface area contributed by atoms with Crippen molar-refractivity contribution in [3.63, 3.8) is 0 Å². The highest BCUT2D eigenvalue weighted by Gasteiger charge is 1.97. The van der Waals surface area contributed by atoms with Crippen molar-refractivity contribution >= 4 is 11.9 Å². The number of ether oxygens (including phenoxy) is 2. The molecule has 0 radical (unpaired) electrons. The smallest absolute Gasteiger partial charge is 0.331 e. The first kappa shape index (κ1) is 12.2. The second-order valence-electron chi connectivity index (χ2n) is 2.18. The second-order valence-corrected chi connectivity index (χ2v) is 2.18. The monoisotopic (exact) mass is 200 g/mol. The number of hydrogen-bond acceptors (Lipinski definition) is 4. The van der Waals surface area contributed by atoms with E-state index < -0.39 is 11.9 Å². The molecule has 0 saturated heterocycles. The Morgan fingerprint density at radius 2 is 2.00 bits per heavy atom. The summed E-state index contributed by atoms with van der Waals surface area (Å²) >= 11 is 0. The molecule has 5 heteroatoms. The van der Waals surface area contributed by atoms with Gasteiger partial charge in [-0.1, -0.05) is 6.08 Å². The fourth-order valence-electron chi connectivity index (χ4n) is 0.542. The van der Waals surface area contributed by atoms with E-state index >= 15 is 0 Å². The maximum absolute atomic E-state index is 10.7. The highest BCUT2D eigenvalue weighted by molar-refractivity contribution is 5.90. The Balaban J connectivity index is 3.49. The van der Waals surface area contributed by atoms with Crippen LogP contribution in [0.5, 0.6) is 0 Å². The van der Waals surface area contributed by atoms with E-state index in [4.69, 9.17) is 9.84 Å². The summed E-state index contributed by atoms with van der Waals surface area (Å²) in [5, 5.41) is 8.18. The molecule has 0 aromatic rings. The average molecular weight is 200 g/mol. The minimum absolute atomic E-state index is 0.0904. The highest BCUT2D eigenvalue weighted by Crippen LogP contribution is 1.84. The molecule has 0 bridgehead atoms. The molecule has 0 atom stereocenters. The van der Waals surface area contributed by atoms with Crippen molar-refractivity contribution in [3.8, 4) is 0 Å². The van der Waals surface area contributed by atoms with Gasteiger partial charge in [0.25, 0.3) is 0 Å². The molecule has 1 N–H and O–H groups in total. The SMILES string of the molecule is CC=COCCOC(=O)/C=C\C(=O)O. The number of aliphatic carboxylic acids is 1. The normalized spacial score (nSPS) is 10.6. The Bertz CT molecular complexity index is 242. The minimum atomic E-state index is -1.19. The molecule has 0 rings (SSSR count). The van der Waals surface area contributed by atoms with Gasteiger partial charge in [0, 0.05) is 12.2 Å². The molecule has 0 aromatic heterocycles. The van der Waals surface area contributed by atoms with Gasteiger partial charge < -0.3 is 14.6 Å². The van der Waals surface area contributed by atoms with Crippen LogP contribution in [0.15, 0.2) is 24.5 Å². The summed E-state index contributed by atoms with van der Waals surface area (Å²) in [5.74, 6) is -1.89. The molecule has 5 nitrogen and oxygen atoms in total. The summed E-state index contributed by atoms with van der Waals surface area (Å²) in [7, 11) is 0. The molecule has 0 amide bonds. The first-order chi connectivity index (χ1) is 6.66. The summed E-state index contributed by atoms with van der Waals surface area (Å²) in [4.78, 5) is 20.7. The van der Waals surface area contributed by atoms with E-state index in [1.165, 1.54) is 6.26 Å². The zero-order chi connectivity index (χ0) is 10.8. The van der Waals surface area contributed by atoms with E-state index in [2.05, 4.69) is 4.74 Å². The van der Waals surface area contributed by atoms with Crippen LogP contribution in [0.1, 0.15) is 6.92 Å². The van der Waals surface area contributed by atoms with Crippen LogP contribution in [0.3, 0.4) is 0 Å². The van der Waals surface area contributed by atoms with Crippen LogP contribution < -0.4 is 0 Å². The number of hydrogen-bond donors (Lipinski definition) is 1. The fourth-order valence-corrected chi connectivity index (χ4v) is 0.542. The lowest BCUT2D eigenvalue weighted by Crippen LogP contribution is -2.07. The Kier molecular flexibility index (Phi) is 6.85. The van der Waals surface area contributed by atoms with Crippen LogP contribution in [-0.4, -0.2) is 30.3 Å². The van der Waals surface area contributed by atoms with Gasteiger partial charge in [0.15, 0.2) is 0 Å². The molecular formula is C9H12O5. The van der Waals surface area contributed by atoms with E-state index in [0.717, 1.165) is 12.2 Å². The van der Waals surface area contributed by atoms with Crippen LogP contribution in [0.4, 0.5) is 0 Å². The average Bonchev–Trinajstić information content (AvgIpc) is 2.14. The maximum Gasteiger partial charge on any atom is 0.331 e. The number of rotatable bonds is 6. The molecule has 0 saturated carbocycles. The molecular weight excluding hydrogens is 188 g/mol. The van der Waals surface area contributed by atoms with Gasteiger partial charge in [-0.05, 0) is 6.92 Å². The molecule has 14 heavy (non-hydrogen) atoms. The van der Waals surface area contributed by atoms with E-state index in [0.29, 0.717) is 0 Å². The van der Waals surface area contributed by atoms with Crippen LogP contribution in [0.25, 0.3) is 0 Å². The van der Waals surface area contributed by atoms with Gasteiger partial charge in [-0.15, -0.1) is 0 Å². The van der Waals surface area contributed by atoms with Crippen molar-refractivity contribution in [2.75, 3.05) is 13.2 Å². The molecule has 0 aliphatic carbocycles. The van der Waals surface area contributed by atoms with Gasteiger partial charge in [0.1, 0.15) is 13.2 Å². The number of esters is 1. The van der Waals surface area contributed by atoms with Gasteiger partial charge in [-0.2, -0.15) is 0 Å². The minimum Gasteiger partial charge on any atom is -0.498 e. The number of carboxylic acids is 1. The zero-order valence-corrected chi connectivity index (χ0v) is 7.80. The lowest BCUT2D eigenvalue weighted by atomic mass is 10.5. The second kappa shape index (κ2) is 7.85. The quantitative estimate of drug-likeness (QED) is 0.296. The first-order valence-corrected chi connectivity index (χ1v) is 3.97. The third-order valence-electron chi connectivity index (χ3n) is 1.04. The summed E-state index contributed by atoms with van der Waals surface area (Å²) < 4.78 is 9.45. The molecule has 78 valence electrons. The van der Waals surface area contributed by atoms with Crippen LogP contribution in [0, 0.1) is 0 Å². The molecule has 0 aromatic carbocycles. The van der Waals surface area contributed by atoms with Crippen molar-refractivity contribution in [2.45, 2.75) is 6.92 Å². The number of carbonyl (C=O) groups is 2. The van der Waals surface area contributed by atoms with E-state index in [9.17, 15) is 9.59 Å². The molecule has 0 unspecified atom stereocenters. The summed E-state index contributed by atoms with van der Waals surface area (Å²) in [6.07, 6.45) is 4.74. The van der Waals surface area contributed by atoms with Crippen molar-refractivity contribution in [2.24, 2.45) is 0 Å². The van der Waals surface area contributed by atoms with Gasteiger partial charge in [-0.3, -0.25) is 0 Å². The standard InChI is InChI=1S/C9H12O5/c1-2-5-13-6-7-14-9(12)4-3-8(10)11/h2-5H,6-7H2,1H3,(H,10,11)/b4-3-,5-2?. The van der Waals surface area contributed by atoms with Crippen molar-refractivity contribution < 1.29 is 24.2 Å². The van der Waals surface area contributed by atoms with Crippen molar-refractivity contribution in [3.05, 3.63) is 24.5 Å². The van der Waals surface area contributed by atoms with E-state index in [-0.39, 0.29) is 13.2 Å². The van der Waals surface area contributed by atoms with Gasteiger partial charge in [0.2, 0.25) is 0 Å². The zero-order valence-electron chi connectivity index (χ0n) is 7.80. The topological polar surface area (TPSA) is 72.8 Å². The maximum atomic E-state index is 10.7. The number of carbonyl (C=O) groups excluding carboxylic acids is 1. The molecule has 0 heterocycles. The molecule has 0 aliphatic rings. The largest absolute Gasteiger partial charge is 0.498 e. The summed E-state index contributed by atoms with van der Waals surface area (Å²) in [6, 6.07) is 0. The number of allylic oxidation sites excluding steroid dienone is 1. The third-order valence-corrected chi connectivity index (χ3v) is 1.04. The highest BCUT2D eigenvalue weighted by atomic mass is 16.6. The van der Waals surface area contributed by atoms with E-state index in [1.807, 2.05) is 0 Å². The predicted molar refractivity (Wildman–Crippen MR) is 48.5 cm³/mol. The lowest BCUT2D eigenvalue weighted by molar-refractivity contribution is -0.139. The van der Waals surface area contributed by atoms with Crippen molar-refractivity contribution in [1.29, 1.82) is 0 Å². The Morgan fingerprint density at radius 1 is 1.29 bits per heavy atom. The van der Waals surface area contributed by atoms with Crippen LogP contribution in [0.2, 0.25) is 0 Å². The van der Waals surface area contributed by atoms with Crippen molar-refractivity contribution in [1.82, 2.24) is 0 Å². The predicted octanol–water partition coefficient (Wildman–Crippen LogP) is 0.721. The molecule has 0 aliphatic heterocycles. The molecule has 0 fully saturated rings. The first-order valence-electron chi connectivity index (χ1n) is 3.97. The van der Waals surface area contributed by atoms with Gasteiger partial charge >= 0.3 is 11.9 Å². The Hall–Kier alpha value is -1.78. The van der Waals surface area contributed by atoms with Crippen LogP contribution >= 0.6 is 0 Å². The summed E-state index contributed by atoms with van der Waals surface area (Å²) in [6.45, 7) is 2.13. The van der Waals surface area contributed by atoms with Gasteiger partial charge in [0.05, 0.1) is 6.26 Å². The third kappa shape index (κ3) is 8.32. The molecule has 0 spiro atoms. The Morgan fingerprint density at radius 3 is 2.57 bits per heavy atom. The van der Waals surface area contributed by atoms with Gasteiger partial charge in [-0.25, -0.2) is 9.59 Å². The number of carboxylic acid groups (broad SMARTS) is 1. The lowest BCUT2D eigenvalue weighted by Gasteiger charge is -2.00. The fraction of sp³-hybridized carbons (Fsp3) is 0.333. The van der Waals surface area contributed by atoms with Crippen LogP contribution in [-0.2, 0) is 19.1 Å². The van der Waals surface area contributed by atoms with E-state index in [1.54, 1.807) is 13.0 Å². The Labute approximate surface area is 81.6 Å². The summed E-state index contributed by atoms with van der Waals surface area (Å²) in [5.41, 5.74) is 0.